The average Bonchev–Trinajstić information content (AvgIpc) is 3.10. The van der Waals surface area contributed by atoms with Crippen molar-refractivity contribution in [2.75, 3.05) is 19.7 Å². The van der Waals surface area contributed by atoms with E-state index in [-0.39, 0.29) is 60.2 Å². The van der Waals surface area contributed by atoms with Crippen molar-refractivity contribution in [2.24, 2.45) is 11.8 Å². The summed E-state index contributed by atoms with van der Waals surface area (Å²) in [6.45, 7) is -0.691. The Bertz CT molecular complexity index is 1040. The molecule has 2 aliphatic heterocycles. The van der Waals surface area contributed by atoms with Crippen molar-refractivity contribution in [1.29, 1.82) is 0 Å². The molecule has 0 aromatic heterocycles. The van der Waals surface area contributed by atoms with Crippen LogP contribution in [0.4, 0.5) is 0 Å². The van der Waals surface area contributed by atoms with Gasteiger partial charge in [-0.05, 0) is 25.0 Å². The van der Waals surface area contributed by atoms with Crippen molar-refractivity contribution in [3.05, 3.63) is 42.0 Å². The molecule has 0 N–H and O–H groups in total. The van der Waals surface area contributed by atoms with E-state index in [1.165, 1.54) is 18.2 Å². The van der Waals surface area contributed by atoms with Crippen molar-refractivity contribution >= 4 is 33.7 Å². The van der Waals surface area contributed by atoms with Gasteiger partial charge in [-0.3, -0.25) is 24.1 Å². The maximum Gasteiger partial charge on any atom is 0.307 e. The number of hydrogen-bond donors (Lipinski definition) is 0. The highest BCUT2D eigenvalue weighted by Gasteiger charge is 2.47. The molecule has 10 heteroatoms. The molecule has 158 valence electrons. The summed E-state index contributed by atoms with van der Waals surface area (Å²) < 4.78 is 30.6. The fourth-order valence-corrected chi connectivity index (χ4v) is 5.61. The highest BCUT2D eigenvalue weighted by molar-refractivity contribution is 7.90. The Hall–Kier alpha value is -3.01. The number of hydrogen-bond acceptors (Lipinski definition) is 7. The third kappa shape index (κ3) is 3.30. The molecule has 0 saturated carbocycles. The zero-order valence-corrected chi connectivity index (χ0v) is 16.8. The number of nitrogens with zero attached hydrogens (tertiary/aromatic N) is 2. The molecule has 3 amide bonds. The van der Waals surface area contributed by atoms with Crippen LogP contribution >= 0.6 is 0 Å². The van der Waals surface area contributed by atoms with Crippen LogP contribution in [-0.2, 0) is 29.1 Å². The first kappa shape index (κ1) is 20.3. The van der Waals surface area contributed by atoms with Gasteiger partial charge in [0, 0.05) is 6.54 Å². The summed E-state index contributed by atoms with van der Waals surface area (Å²) in [7, 11) is -3.96. The van der Waals surface area contributed by atoms with Gasteiger partial charge in [0.1, 0.15) is 11.5 Å². The average molecular weight is 432 g/mol. The Kier molecular flexibility index (Phi) is 5.19. The summed E-state index contributed by atoms with van der Waals surface area (Å²) in [5, 5.41) is 0. The number of imide groups is 1. The Morgan fingerprint density at radius 1 is 1.00 bits per heavy atom. The third-order valence-corrected chi connectivity index (χ3v) is 7.45. The Morgan fingerprint density at radius 3 is 2.27 bits per heavy atom. The molecule has 9 nitrogen and oxygen atoms in total. The van der Waals surface area contributed by atoms with E-state index in [0.29, 0.717) is 17.1 Å². The third-order valence-electron chi connectivity index (χ3n) is 5.61. The molecule has 1 saturated heterocycles. The van der Waals surface area contributed by atoms with Crippen molar-refractivity contribution in [2.45, 2.75) is 24.2 Å². The van der Waals surface area contributed by atoms with Gasteiger partial charge in [0.15, 0.2) is 0 Å². The summed E-state index contributed by atoms with van der Waals surface area (Å²) in [4.78, 5) is 50.1. The van der Waals surface area contributed by atoms with Crippen molar-refractivity contribution in [3.63, 3.8) is 0 Å². The minimum absolute atomic E-state index is 0.0664. The normalized spacial score (nSPS) is 24.2. The van der Waals surface area contributed by atoms with E-state index in [1.807, 2.05) is 12.2 Å². The van der Waals surface area contributed by atoms with E-state index in [9.17, 15) is 27.6 Å². The van der Waals surface area contributed by atoms with Gasteiger partial charge in [-0.1, -0.05) is 24.3 Å². The summed E-state index contributed by atoms with van der Waals surface area (Å²) >= 11 is 0. The molecular formula is C20H20N2O7S. The fraction of sp³-hybridized carbons (Fsp3) is 0.400. The van der Waals surface area contributed by atoms with E-state index < -0.39 is 21.9 Å². The second kappa shape index (κ2) is 7.67. The summed E-state index contributed by atoms with van der Waals surface area (Å²) in [6, 6.07) is 5.88. The van der Waals surface area contributed by atoms with Crippen LogP contribution in [0.15, 0.2) is 41.3 Å². The number of amides is 3. The first-order valence-electron chi connectivity index (χ1n) is 9.64. The zero-order chi connectivity index (χ0) is 21.5. The minimum Gasteiger partial charge on any atom is -0.464 e. The number of carbonyl (C=O) groups excluding carboxylic acids is 4. The summed E-state index contributed by atoms with van der Waals surface area (Å²) in [5.74, 6) is -2.59. The van der Waals surface area contributed by atoms with E-state index in [2.05, 4.69) is 0 Å². The van der Waals surface area contributed by atoms with Gasteiger partial charge >= 0.3 is 5.97 Å². The topological polar surface area (TPSA) is 118 Å². The lowest BCUT2D eigenvalue weighted by atomic mass is 9.85. The smallest absolute Gasteiger partial charge is 0.307 e. The Morgan fingerprint density at radius 2 is 1.63 bits per heavy atom. The second-order valence-corrected chi connectivity index (χ2v) is 9.16. The van der Waals surface area contributed by atoms with Gasteiger partial charge in [-0.25, -0.2) is 12.7 Å². The minimum atomic E-state index is -3.96. The molecule has 1 aromatic rings. The zero-order valence-electron chi connectivity index (χ0n) is 16.0. The molecule has 2 atom stereocenters. The maximum atomic E-state index is 12.4. The molecule has 30 heavy (non-hydrogen) atoms. The molecule has 0 spiro atoms. The molecule has 0 radical (unpaired) electrons. The van der Waals surface area contributed by atoms with Gasteiger partial charge in [-0.2, -0.15) is 0 Å². The Labute approximate surface area is 173 Å². The van der Waals surface area contributed by atoms with Crippen molar-refractivity contribution in [1.82, 2.24) is 9.21 Å². The monoisotopic (exact) mass is 432 g/mol. The van der Waals surface area contributed by atoms with Gasteiger partial charge in [-0.15, -0.1) is 0 Å². The lowest BCUT2D eigenvalue weighted by Crippen LogP contribution is -2.35. The standard InChI is InChI=1S/C20H20N2O7S/c23-17(9-10-21-18(24)13-5-1-2-6-14(13)19(21)25)29-12-11-22-20(26)15-7-3-4-8-16(15)30(22,27)28/h1-4,7-8,13-14H,5-6,9-12H2/t13-,14+. The van der Waals surface area contributed by atoms with Crippen LogP contribution in [0.3, 0.4) is 0 Å². The van der Waals surface area contributed by atoms with Gasteiger partial charge < -0.3 is 4.74 Å². The van der Waals surface area contributed by atoms with Crippen LogP contribution in [0.5, 0.6) is 0 Å². The van der Waals surface area contributed by atoms with Gasteiger partial charge in [0.25, 0.3) is 15.9 Å². The first-order chi connectivity index (χ1) is 14.3. The Balaban J connectivity index is 1.28. The molecule has 1 fully saturated rings. The molecule has 2 heterocycles. The highest BCUT2D eigenvalue weighted by atomic mass is 32.2. The van der Waals surface area contributed by atoms with Gasteiger partial charge in [0.05, 0.1) is 30.4 Å². The number of sulfonamides is 1. The van der Waals surface area contributed by atoms with E-state index >= 15 is 0 Å². The number of likely N-dealkylation sites (tertiary alicyclic amines) is 1. The highest BCUT2D eigenvalue weighted by Crippen LogP contribution is 2.35. The molecule has 0 unspecified atom stereocenters. The molecule has 0 bridgehead atoms. The largest absolute Gasteiger partial charge is 0.464 e. The number of allylic oxidation sites excluding steroid dienone is 2. The molecular weight excluding hydrogens is 412 g/mol. The number of carbonyl (C=O) groups is 4. The molecule has 3 aliphatic rings. The van der Waals surface area contributed by atoms with Crippen LogP contribution in [0.25, 0.3) is 0 Å². The van der Waals surface area contributed by atoms with Crippen molar-refractivity contribution < 1.29 is 32.3 Å². The summed E-state index contributed by atoms with van der Waals surface area (Å²) in [6.07, 6.45) is 4.63. The van der Waals surface area contributed by atoms with Crippen LogP contribution in [0.1, 0.15) is 29.6 Å². The number of rotatable bonds is 6. The van der Waals surface area contributed by atoms with E-state index in [4.69, 9.17) is 4.74 Å². The maximum absolute atomic E-state index is 12.4. The summed E-state index contributed by atoms with van der Waals surface area (Å²) in [5.41, 5.74) is 0.0887. The second-order valence-electron chi connectivity index (χ2n) is 7.33. The van der Waals surface area contributed by atoms with E-state index in [1.54, 1.807) is 6.07 Å². The molecule has 1 aliphatic carbocycles. The van der Waals surface area contributed by atoms with Crippen LogP contribution in [0, 0.1) is 11.8 Å². The van der Waals surface area contributed by atoms with Crippen molar-refractivity contribution in [3.8, 4) is 0 Å². The lowest BCUT2D eigenvalue weighted by molar-refractivity contribution is -0.145. The molecule has 1 aromatic carbocycles. The predicted molar refractivity (Wildman–Crippen MR) is 102 cm³/mol. The predicted octanol–water partition coefficient (Wildman–Crippen LogP) is 0.716. The van der Waals surface area contributed by atoms with Crippen LogP contribution in [-0.4, -0.2) is 61.0 Å². The fourth-order valence-electron chi connectivity index (χ4n) is 4.06. The number of ether oxygens (including phenoxy) is 1. The quantitative estimate of drug-likeness (QED) is 0.369. The first-order valence-corrected chi connectivity index (χ1v) is 11.1. The van der Waals surface area contributed by atoms with Gasteiger partial charge in [0.2, 0.25) is 11.8 Å². The van der Waals surface area contributed by atoms with Crippen LogP contribution in [0.2, 0.25) is 0 Å². The van der Waals surface area contributed by atoms with E-state index in [0.717, 1.165) is 4.90 Å². The molecule has 4 rings (SSSR count). The number of esters is 1. The number of fused-ring (bicyclic) bond motifs is 2. The number of benzene rings is 1. The SMILES string of the molecule is O=C(CCN1C(=O)[C@H]2CC=CC[C@H]2C1=O)OCCN1C(=O)c2ccccc2S1(=O)=O. The van der Waals surface area contributed by atoms with Crippen LogP contribution < -0.4 is 0 Å². The lowest BCUT2D eigenvalue weighted by Gasteiger charge is -2.16.